The lowest BCUT2D eigenvalue weighted by atomic mass is 10.2. The van der Waals surface area contributed by atoms with Crippen LogP contribution in [0, 0.1) is 0 Å². The van der Waals surface area contributed by atoms with E-state index in [1.54, 1.807) is 0 Å². The van der Waals surface area contributed by atoms with Crippen molar-refractivity contribution in [1.82, 2.24) is 30.2 Å². The van der Waals surface area contributed by atoms with Gasteiger partial charge in [-0.25, -0.2) is 9.89 Å². The molecule has 13 heteroatoms. The number of aromatic amines is 1. The Balaban J connectivity index is 2.01. The molecule has 2 N–H and O–H groups in total. The fourth-order valence-electron chi connectivity index (χ4n) is 1.99. The summed E-state index contributed by atoms with van der Waals surface area (Å²) in [6, 6.07) is 5.34. The highest BCUT2D eigenvalue weighted by Crippen LogP contribution is 2.40. The van der Waals surface area contributed by atoms with Crippen LogP contribution >= 0.6 is 11.8 Å². The van der Waals surface area contributed by atoms with Crippen LogP contribution in [-0.2, 0) is 6.61 Å². The van der Waals surface area contributed by atoms with E-state index >= 15 is 0 Å². The summed E-state index contributed by atoms with van der Waals surface area (Å²) in [6.45, 7) is -0.342. The molecule has 132 valence electrons. The van der Waals surface area contributed by atoms with Crippen LogP contribution < -0.4 is 10.4 Å². The number of benzene rings is 1. The van der Waals surface area contributed by atoms with Crippen molar-refractivity contribution in [1.29, 1.82) is 0 Å². The molecule has 0 saturated carbocycles. The lowest BCUT2D eigenvalue weighted by molar-refractivity contribution is -0.0328. The van der Waals surface area contributed by atoms with E-state index < -0.39 is 11.2 Å². The molecule has 0 atom stereocenters. The first-order valence-electron chi connectivity index (χ1n) is 6.59. The van der Waals surface area contributed by atoms with Crippen molar-refractivity contribution in [3.8, 4) is 11.6 Å². The van der Waals surface area contributed by atoms with E-state index in [1.807, 2.05) is 0 Å². The van der Waals surface area contributed by atoms with Gasteiger partial charge in [0.05, 0.1) is 11.9 Å². The van der Waals surface area contributed by atoms with Gasteiger partial charge < -0.3 is 9.94 Å². The Kier molecular flexibility index (Phi) is 4.39. The molecule has 0 saturated heterocycles. The Bertz CT molecular complexity index is 935. The van der Waals surface area contributed by atoms with Gasteiger partial charge in [-0.1, -0.05) is 11.2 Å². The summed E-state index contributed by atoms with van der Waals surface area (Å²) in [5, 5.41) is 21.6. The molecular weight excluding hydrogens is 365 g/mol. The Morgan fingerprint density at radius 3 is 2.72 bits per heavy atom. The molecule has 3 aromatic rings. The molecule has 0 bridgehead atoms. The first-order chi connectivity index (χ1) is 11.8. The molecule has 0 radical (unpaired) electrons. The number of aromatic nitrogens is 6. The molecule has 0 aliphatic heterocycles. The molecule has 0 aliphatic carbocycles. The maximum atomic E-state index is 12.8. The summed E-state index contributed by atoms with van der Waals surface area (Å²) >= 11 is -0.344. The number of nitrogens with zero attached hydrogens (tertiary/aromatic N) is 5. The monoisotopic (exact) mass is 374 g/mol. The maximum Gasteiger partial charge on any atom is 0.446 e. The number of H-pyrrole nitrogens is 1. The van der Waals surface area contributed by atoms with Crippen LogP contribution in [0.25, 0.3) is 5.69 Å². The molecule has 2 aromatic heterocycles. The van der Waals surface area contributed by atoms with Crippen LogP contribution in [0.4, 0.5) is 13.2 Å². The molecule has 0 fully saturated rings. The number of rotatable bonds is 5. The third-order valence-electron chi connectivity index (χ3n) is 2.95. The molecular formula is C12H9F3N6O3S. The zero-order chi connectivity index (χ0) is 18.0. The van der Waals surface area contributed by atoms with Crippen LogP contribution in [0.3, 0.4) is 0 Å². The molecule has 2 heterocycles. The zero-order valence-electron chi connectivity index (χ0n) is 12.1. The quantitative estimate of drug-likeness (QED) is 0.515. The van der Waals surface area contributed by atoms with E-state index in [2.05, 4.69) is 20.6 Å². The van der Waals surface area contributed by atoms with Gasteiger partial charge in [0.15, 0.2) is 0 Å². The molecule has 0 amide bonds. The van der Waals surface area contributed by atoms with Gasteiger partial charge in [-0.15, -0.1) is 4.85 Å². The first kappa shape index (κ1) is 16.9. The second kappa shape index (κ2) is 6.51. The van der Waals surface area contributed by atoms with Crippen molar-refractivity contribution >= 4 is 11.8 Å². The van der Waals surface area contributed by atoms with Crippen molar-refractivity contribution in [2.24, 2.45) is 0 Å². The predicted octanol–water partition coefficient (Wildman–Crippen LogP) is 1.58. The molecule has 1 aromatic carbocycles. The highest BCUT2D eigenvalue weighted by Gasteiger charge is 2.31. The van der Waals surface area contributed by atoms with Crippen molar-refractivity contribution in [2.45, 2.75) is 17.0 Å². The Morgan fingerprint density at radius 2 is 2.12 bits per heavy atom. The molecule has 0 unspecified atom stereocenters. The maximum absolute atomic E-state index is 12.8. The smallest absolute Gasteiger partial charge is 0.446 e. The molecule has 0 aliphatic rings. The average Bonchev–Trinajstić information content (AvgIpc) is 3.12. The second-order valence-corrected chi connectivity index (χ2v) is 5.69. The normalized spacial score (nSPS) is 11.6. The van der Waals surface area contributed by atoms with Gasteiger partial charge in [0.2, 0.25) is 5.88 Å². The van der Waals surface area contributed by atoms with Gasteiger partial charge in [-0.2, -0.15) is 17.9 Å². The highest BCUT2D eigenvalue weighted by atomic mass is 32.2. The van der Waals surface area contributed by atoms with Gasteiger partial charge >= 0.3 is 11.2 Å². The summed E-state index contributed by atoms with van der Waals surface area (Å²) < 4.78 is 44.6. The fourth-order valence-corrected chi connectivity index (χ4v) is 2.68. The Labute approximate surface area is 141 Å². The average molecular weight is 374 g/mol. The van der Waals surface area contributed by atoms with Crippen LogP contribution in [0.2, 0.25) is 0 Å². The largest absolute Gasteiger partial charge is 0.472 e. The number of hydrogen-bond donors (Lipinski definition) is 2. The highest BCUT2D eigenvalue weighted by molar-refractivity contribution is 8.00. The van der Waals surface area contributed by atoms with Crippen LogP contribution in [0.15, 0.2) is 40.2 Å². The third-order valence-corrected chi connectivity index (χ3v) is 3.78. The summed E-state index contributed by atoms with van der Waals surface area (Å²) in [7, 11) is 0. The summed E-state index contributed by atoms with van der Waals surface area (Å²) in [4.78, 5) is 12.0. The van der Waals surface area contributed by atoms with Crippen LogP contribution in [0.5, 0.6) is 5.88 Å². The van der Waals surface area contributed by atoms with Gasteiger partial charge in [-0.05, 0) is 34.3 Å². The Hall–Kier alpha value is -2.96. The first-order valence-corrected chi connectivity index (χ1v) is 7.41. The zero-order valence-corrected chi connectivity index (χ0v) is 13.0. The number of tetrazole rings is 1. The standard InChI is InChI=1S/C12H9F3N6O3S/c13-12(14,15)25-9-3-1-2-8(21-11(22)16-18-19-21)7(9)6-24-10-4-5-20(23)17-10/h1-5,23H,6H2,(H,16,19,22). The number of thioether (sulfide) groups is 1. The number of halogens is 3. The van der Waals surface area contributed by atoms with Crippen LogP contribution in [-0.4, -0.2) is 40.9 Å². The van der Waals surface area contributed by atoms with Crippen molar-refractivity contribution in [2.75, 3.05) is 0 Å². The number of alkyl halides is 3. The van der Waals surface area contributed by atoms with Crippen molar-refractivity contribution < 1.29 is 23.1 Å². The van der Waals surface area contributed by atoms with Crippen molar-refractivity contribution in [3.05, 3.63) is 46.5 Å². The lowest BCUT2D eigenvalue weighted by Gasteiger charge is -2.14. The van der Waals surface area contributed by atoms with Gasteiger partial charge in [0.25, 0.3) is 0 Å². The minimum absolute atomic E-state index is 0.00670. The lowest BCUT2D eigenvalue weighted by Crippen LogP contribution is -2.19. The minimum Gasteiger partial charge on any atom is -0.472 e. The van der Waals surface area contributed by atoms with Gasteiger partial charge in [0.1, 0.15) is 6.61 Å². The molecule has 3 rings (SSSR count). The topological polar surface area (TPSA) is 111 Å². The van der Waals surface area contributed by atoms with Crippen molar-refractivity contribution in [3.63, 3.8) is 0 Å². The van der Waals surface area contributed by atoms with Crippen LogP contribution in [0.1, 0.15) is 5.56 Å². The summed E-state index contributed by atoms with van der Waals surface area (Å²) in [6.07, 6.45) is 1.19. The van der Waals surface area contributed by atoms with E-state index in [9.17, 15) is 18.0 Å². The molecule has 25 heavy (non-hydrogen) atoms. The molecule has 0 spiro atoms. The van der Waals surface area contributed by atoms with Gasteiger partial charge in [0, 0.05) is 16.5 Å². The summed E-state index contributed by atoms with van der Waals surface area (Å²) in [5.41, 5.74) is -5.10. The number of nitrogens with one attached hydrogen (secondary N) is 1. The summed E-state index contributed by atoms with van der Waals surface area (Å²) in [5.74, 6) is -0.00670. The van der Waals surface area contributed by atoms with E-state index in [0.717, 1.165) is 4.68 Å². The van der Waals surface area contributed by atoms with E-state index in [4.69, 9.17) is 9.94 Å². The Morgan fingerprint density at radius 1 is 1.32 bits per heavy atom. The SMILES string of the molecule is O=c1[nH]nnn1-c1cccc(SC(F)(F)F)c1COc1ccn(O)n1. The fraction of sp³-hybridized carbons (Fsp3) is 0.167. The number of hydrogen-bond acceptors (Lipinski definition) is 7. The predicted molar refractivity (Wildman–Crippen MR) is 77.6 cm³/mol. The van der Waals surface area contributed by atoms with Gasteiger partial charge in [-0.3, -0.25) is 0 Å². The third kappa shape index (κ3) is 3.93. The second-order valence-electron chi connectivity index (χ2n) is 4.58. The number of ether oxygens (including phenoxy) is 1. The minimum atomic E-state index is -4.53. The van der Waals surface area contributed by atoms with E-state index in [0.29, 0.717) is 4.85 Å². The van der Waals surface area contributed by atoms with E-state index in [1.165, 1.54) is 30.5 Å². The van der Waals surface area contributed by atoms with E-state index in [-0.39, 0.29) is 40.4 Å². The molecule has 9 nitrogen and oxygen atoms in total.